The van der Waals surface area contributed by atoms with Crippen molar-refractivity contribution in [1.82, 2.24) is 16.0 Å². The van der Waals surface area contributed by atoms with Crippen molar-refractivity contribution in [2.75, 3.05) is 0 Å². The van der Waals surface area contributed by atoms with Crippen molar-refractivity contribution in [2.24, 2.45) is 11.5 Å². The number of phenols is 1. The van der Waals surface area contributed by atoms with Gasteiger partial charge in [0.1, 0.15) is 23.9 Å². The lowest BCUT2D eigenvalue weighted by Gasteiger charge is -2.26. The summed E-state index contributed by atoms with van der Waals surface area (Å²) in [6, 6.07) is -0.638. The number of benzene rings is 1. The van der Waals surface area contributed by atoms with Gasteiger partial charge in [-0.05, 0) is 31.0 Å². The van der Waals surface area contributed by atoms with Gasteiger partial charge in [0.15, 0.2) is 0 Å². The van der Waals surface area contributed by atoms with E-state index in [4.69, 9.17) is 16.6 Å². The molecule has 0 bridgehead atoms. The monoisotopic (exact) mass is 525 g/mol. The Morgan fingerprint density at radius 3 is 1.95 bits per heavy atom. The number of aliphatic hydroxyl groups is 1. The van der Waals surface area contributed by atoms with Crippen LogP contribution in [-0.4, -0.2) is 86.3 Å². The number of carbonyl (C=O) groups is 6. The summed E-state index contributed by atoms with van der Waals surface area (Å²) in [4.78, 5) is 71.4. The Morgan fingerprint density at radius 1 is 0.892 bits per heavy atom. The second-order valence-electron chi connectivity index (χ2n) is 8.27. The Hall–Kier alpha value is -4.24. The van der Waals surface area contributed by atoms with Crippen LogP contribution in [0.5, 0.6) is 5.75 Å². The average Bonchev–Trinajstić information content (AvgIpc) is 2.80. The first-order valence-electron chi connectivity index (χ1n) is 11.1. The number of aliphatic carboxylic acids is 2. The SMILES string of the molecule is CC(O)C(NC(=O)C(N)CCC(N)=O)C(=O)NC(Cc1ccc(O)cc1)C(=O)NC(CC(=O)O)C(=O)O. The van der Waals surface area contributed by atoms with Crippen molar-refractivity contribution in [1.29, 1.82) is 0 Å². The molecule has 1 aromatic carbocycles. The minimum Gasteiger partial charge on any atom is -0.508 e. The molecule has 0 aliphatic heterocycles. The molecule has 37 heavy (non-hydrogen) atoms. The molecule has 0 fully saturated rings. The van der Waals surface area contributed by atoms with Gasteiger partial charge in [-0.1, -0.05) is 12.1 Å². The highest BCUT2D eigenvalue weighted by molar-refractivity contribution is 5.95. The molecule has 0 aromatic heterocycles. The lowest BCUT2D eigenvalue weighted by molar-refractivity contribution is -0.147. The molecule has 0 heterocycles. The number of aliphatic hydroxyl groups excluding tert-OH is 1. The van der Waals surface area contributed by atoms with Crippen molar-refractivity contribution in [3.05, 3.63) is 29.8 Å². The van der Waals surface area contributed by atoms with Gasteiger partial charge < -0.3 is 47.8 Å². The topological polar surface area (TPSA) is 271 Å². The molecule has 0 aliphatic carbocycles. The first-order chi connectivity index (χ1) is 17.2. The lowest BCUT2D eigenvalue weighted by Crippen LogP contribution is -2.60. The number of primary amides is 1. The normalized spacial score (nSPS) is 14.8. The first-order valence-corrected chi connectivity index (χ1v) is 11.1. The number of hydrogen-bond acceptors (Lipinski definition) is 9. The number of aromatic hydroxyl groups is 1. The molecule has 0 saturated carbocycles. The minimum absolute atomic E-state index is 0.0780. The Balaban J connectivity index is 3.11. The summed E-state index contributed by atoms with van der Waals surface area (Å²) in [5.74, 6) is -6.85. The summed E-state index contributed by atoms with van der Waals surface area (Å²) in [6.45, 7) is 1.18. The number of hydrogen-bond donors (Lipinski definition) is 9. The van der Waals surface area contributed by atoms with E-state index in [2.05, 4.69) is 10.6 Å². The number of nitrogens with two attached hydrogens (primary N) is 2. The van der Waals surface area contributed by atoms with Gasteiger partial charge in [0.2, 0.25) is 23.6 Å². The van der Waals surface area contributed by atoms with Gasteiger partial charge in [-0.2, -0.15) is 0 Å². The summed E-state index contributed by atoms with van der Waals surface area (Å²) >= 11 is 0. The van der Waals surface area contributed by atoms with Crippen LogP contribution in [0.4, 0.5) is 0 Å². The smallest absolute Gasteiger partial charge is 0.326 e. The van der Waals surface area contributed by atoms with Gasteiger partial charge in [0.05, 0.1) is 18.6 Å². The maximum Gasteiger partial charge on any atom is 0.326 e. The third kappa shape index (κ3) is 10.9. The van der Waals surface area contributed by atoms with Crippen LogP contribution in [0.2, 0.25) is 0 Å². The van der Waals surface area contributed by atoms with E-state index in [0.29, 0.717) is 5.56 Å². The lowest BCUT2D eigenvalue weighted by atomic mass is 10.0. The first kappa shape index (κ1) is 30.8. The number of carboxylic acids is 2. The molecule has 15 heteroatoms. The highest BCUT2D eigenvalue weighted by Crippen LogP contribution is 2.12. The third-order valence-electron chi connectivity index (χ3n) is 5.10. The van der Waals surface area contributed by atoms with Gasteiger partial charge in [0, 0.05) is 12.8 Å². The molecule has 0 spiro atoms. The number of carbonyl (C=O) groups excluding carboxylic acids is 4. The van der Waals surface area contributed by atoms with Crippen molar-refractivity contribution >= 4 is 35.6 Å². The molecule has 1 rings (SSSR count). The van der Waals surface area contributed by atoms with Crippen LogP contribution in [0.25, 0.3) is 0 Å². The van der Waals surface area contributed by atoms with E-state index in [1.165, 1.54) is 31.2 Å². The van der Waals surface area contributed by atoms with Crippen molar-refractivity contribution in [2.45, 2.75) is 62.9 Å². The number of amides is 4. The quantitative estimate of drug-likeness (QED) is 0.111. The Kier molecular flexibility index (Phi) is 11.9. The van der Waals surface area contributed by atoms with Crippen LogP contribution in [0.3, 0.4) is 0 Å². The number of phenolic OH excluding ortho intramolecular Hbond substituents is 1. The predicted molar refractivity (Wildman–Crippen MR) is 126 cm³/mol. The van der Waals surface area contributed by atoms with E-state index >= 15 is 0 Å². The van der Waals surface area contributed by atoms with Crippen molar-refractivity contribution in [3.8, 4) is 5.75 Å². The highest BCUT2D eigenvalue weighted by atomic mass is 16.4. The van der Waals surface area contributed by atoms with Crippen molar-refractivity contribution < 1.29 is 49.2 Å². The summed E-state index contributed by atoms with van der Waals surface area (Å²) in [6.07, 6.45) is -2.95. The molecule has 15 nitrogen and oxygen atoms in total. The predicted octanol–water partition coefficient (Wildman–Crippen LogP) is -3.08. The van der Waals surface area contributed by atoms with Gasteiger partial charge in [-0.3, -0.25) is 24.0 Å². The zero-order chi connectivity index (χ0) is 28.3. The van der Waals surface area contributed by atoms with E-state index in [1.54, 1.807) is 0 Å². The Labute approximate surface area is 211 Å². The largest absolute Gasteiger partial charge is 0.508 e. The molecule has 11 N–H and O–H groups in total. The molecule has 4 amide bonds. The van der Waals surface area contributed by atoms with E-state index < -0.39 is 72.3 Å². The summed E-state index contributed by atoms with van der Waals surface area (Å²) in [7, 11) is 0. The number of carboxylic acid groups (broad SMARTS) is 2. The van der Waals surface area contributed by atoms with Gasteiger partial charge >= 0.3 is 11.9 Å². The van der Waals surface area contributed by atoms with E-state index in [0.717, 1.165) is 0 Å². The van der Waals surface area contributed by atoms with Gasteiger partial charge in [-0.25, -0.2) is 4.79 Å². The molecule has 0 saturated heterocycles. The van der Waals surface area contributed by atoms with Crippen LogP contribution >= 0.6 is 0 Å². The highest BCUT2D eigenvalue weighted by Gasteiger charge is 2.33. The molecular formula is C22H31N5O10. The average molecular weight is 526 g/mol. The Morgan fingerprint density at radius 2 is 1.46 bits per heavy atom. The van der Waals surface area contributed by atoms with Crippen LogP contribution in [0.1, 0.15) is 31.7 Å². The fourth-order valence-corrected chi connectivity index (χ4v) is 3.08. The van der Waals surface area contributed by atoms with Crippen LogP contribution < -0.4 is 27.4 Å². The molecular weight excluding hydrogens is 494 g/mol. The van der Waals surface area contributed by atoms with E-state index in [-0.39, 0.29) is 25.0 Å². The van der Waals surface area contributed by atoms with E-state index in [1.807, 2.05) is 5.32 Å². The maximum absolute atomic E-state index is 12.9. The van der Waals surface area contributed by atoms with Gasteiger partial charge in [-0.15, -0.1) is 0 Å². The maximum atomic E-state index is 12.9. The summed E-state index contributed by atoms with van der Waals surface area (Å²) < 4.78 is 0. The number of nitrogens with one attached hydrogen (secondary N) is 3. The fourth-order valence-electron chi connectivity index (χ4n) is 3.08. The molecule has 1 aromatic rings. The third-order valence-corrected chi connectivity index (χ3v) is 5.10. The molecule has 0 aliphatic rings. The second-order valence-corrected chi connectivity index (χ2v) is 8.27. The molecule has 0 radical (unpaired) electrons. The Bertz CT molecular complexity index is 998. The zero-order valence-corrected chi connectivity index (χ0v) is 19.9. The molecule has 5 atom stereocenters. The summed E-state index contributed by atoms with van der Waals surface area (Å²) in [5, 5.41) is 44.2. The van der Waals surface area contributed by atoms with Crippen molar-refractivity contribution in [3.63, 3.8) is 0 Å². The van der Waals surface area contributed by atoms with Crippen LogP contribution in [0.15, 0.2) is 24.3 Å². The molecule has 204 valence electrons. The molecule has 5 unspecified atom stereocenters. The number of rotatable bonds is 15. The zero-order valence-electron chi connectivity index (χ0n) is 19.9. The van der Waals surface area contributed by atoms with Gasteiger partial charge in [0.25, 0.3) is 0 Å². The van der Waals surface area contributed by atoms with Crippen LogP contribution in [-0.2, 0) is 35.2 Å². The standard InChI is InChI=1S/C22H31N5O10/c1-10(28)18(27-19(33)13(23)6-7-16(24)30)21(35)25-14(8-11-2-4-12(29)5-3-11)20(34)26-15(22(36)37)9-17(31)32/h2-5,10,13-15,18,28-29H,6-9,23H2,1H3,(H2,24,30)(H,25,35)(H,26,34)(H,27,33)(H,31,32)(H,36,37). The van der Waals surface area contributed by atoms with Crippen LogP contribution in [0, 0.1) is 0 Å². The summed E-state index contributed by atoms with van der Waals surface area (Å²) in [5.41, 5.74) is 11.1. The minimum atomic E-state index is -1.81. The second kappa shape index (κ2) is 14.4. The fraction of sp³-hybridized carbons (Fsp3) is 0.455. The van der Waals surface area contributed by atoms with E-state index in [9.17, 15) is 44.1 Å².